The Balaban J connectivity index is 2.86. The molecule has 0 saturated carbocycles. The second-order valence-corrected chi connectivity index (χ2v) is 3.67. The standard InChI is InChI=1S/C9H14F3N3O/c1-3-8(13,4-2)7-14-6(15-16-7)5-9(10,11)12/h3-5,13H2,1-2H3. The van der Waals surface area contributed by atoms with E-state index in [1.54, 1.807) is 0 Å². The number of hydrogen-bond acceptors (Lipinski definition) is 4. The van der Waals surface area contributed by atoms with Gasteiger partial charge in [-0.2, -0.15) is 18.2 Å². The maximum Gasteiger partial charge on any atom is 0.396 e. The van der Waals surface area contributed by atoms with Crippen LogP contribution in [0.25, 0.3) is 0 Å². The van der Waals surface area contributed by atoms with Crippen LogP contribution in [0.1, 0.15) is 38.4 Å². The van der Waals surface area contributed by atoms with Crippen LogP contribution in [0, 0.1) is 0 Å². The molecule has 0 aliphatic carbocycles. The van der Waals surface area contributed by atoms with Crippen molar-refractivity contribution in [2.24, 2.45) is 5.73 Å². The van der Waals surface area contributed by atoms with E-state index in [1.165, 1.54) is 0 Å². The predicted octanol–water partition coefficient (Wildman–Crippen LogP) is 2.15. The third kappa shape index (κ3) is 2.94. The molecule has 0 bridgehead atoms. The highest BCUT2D eigenvalue weighted by Gasteiger charge is 2.34. The van der Waals surface area contributed by atoms with Crippen LogP contribution in [-0.2, 0) is 12.0 Å². The first-order valence-corrected chi connectivity index (χ1v) is 4.99. The van der Waals surface area contributed by atoms with Crippen LogP contribution in [0.15, 0.2) is 4.52 Å². The molecule has 0 spiro atoms. The molecule has 1 aromatic heterocycles. The zero-order chi connectivity index (χ0) is 12.4. The first-order valence-electron chi connectivity index (χ1n) is 4.99. The molecule has 1 rings (SSSR count). The van der Waals surface area contributed by atoms with Crippen molar-refractivity contribution in [1.82, 2.24) is 10.1 Å². The van der Waals surface area contributed by atoms with Gasteiger partial charge in [-0.15, -0.1) is 0 Å². The second kappa shape index (κ2) is 4.40. The van der Waals surface area contributed by atoms with Gasteiger partial charge in [0.1, 0.15) is 6.42 Å². The summed E-state index contributed by atoms with van der Waals surface area (Å²) in [6, 6.07) is 0. The fourth-order valence-corrected chi connectivity index (χ4v) is 1.26. The van der Waals surface area contributed by atoms with Gasteiger partial charge in [0.05, 0.1) is 5.54 Å². The Labute approximate surface area is 91.0 Å². The van der Waals surface area contributed by atoms with Crippen LogP contribution in [0.2, 0.25) is 0 Å². The van der Waals surface area contributed by atoms with Gasteiger partial charge in [-0.05, 0) is 12.8 Å². The number of rotatable bonds is 4. The Bertz CT molecular complexity index is 344. The Morgan fingerprint density at radius 2 is 1.81 bits per heavy atom. The molecular formula is C9H14F3N3O. The van der Waals surface area contributed by atoms with Gasteiger partial charge < -0.3 is 10.3 Å². The minimum Gasteiger partial charge on any atom is -0.337 e. The molecule has 0 saturated heterocycles. The van der Waals surface area contributed by atoms with Crippen LogP contribution >= 0.6 is 0 Å². The molecule has 0 radical (unpaired) electrons. The summed E-state index contributed by atoms with van der Waals surface area (Å²) in [6.45, 7) is 3.63. The monoisotopic (exact) mass is 237 g/mol. The summed E-state index contributed by atoms with van der Waals surface area (Å²) < 4.78 is 40.9. The first kappa shape index (κ1) is 13.0. The maximum atomic E-state index is 12.1. The lowest BCUT2D eigenvalue weighted by molar-refractivity contribution is -0.128. The fraction of sp³-hybridized carbons (Fsp3) is 0.778. The Kier molecular flexibility index (Phi) is 3.57. The number of aromatic nitrogens is 2. The first-order chi connectivity index (χ1) is 7.30. The maximum absolute atomic E-state index is 12.1. The van der Waals surface area contributed by atoms with Crippen molar-refractivity contribution in [3.8, 4) is 0 Å². The molecule has 92 valence electrons. The predicted molar refractivity (Wildman–Crippen MR) is 50.5 cm³/mol. The summed E-state index contributed by atoms with van der Waals surface area (Å²) in [5.74, 6) is -0.309. The van der Waals surface area contributed by atoms with E-state index in [0.717, 1.165) is 0 Å². The van der Waals surface area contributed by atoms with Crippen molar-refractivity contribution in [2.75, 3.05) is 0 Å². The molecule has 7 heteroatoms. The molecule has 0 amide bonds. The average Bonchev–Trinajstić information content (AvgIpc) is 2.63. The lowest BCUT2D eigenvalue weighted by atomic mass is 9.94. The zero-order valence-electron chi connectivity index (χ0n) is 9.14. The van der Waals surface area contributed by atoms with Gasteiger partial charge >= 0.3 is 6.18 Å². The van der Waals surface area contributed by atoms with Crippen molar-refractivity contribution in [3.05, 3.63) is 11.7 Å². The van der Waals surface area contributed by atoms with Crippen molar-refractivity contribution in [3.63, 3.8) is 0 Å². The minimum atomic E-state index is -4.34. The zero-order valence-corrected chi connectivity index (χ0v) is 9.14. The lowest BCUT2D eigenvalue weighted by Crippen LogP contribution is -2.35. The van der Waals surface area contributed by atoms with E-state index in [1.807, 2.05) is 13.8 Å². The second-order valence-electron chi connectivity index (χ2n) is 3.67. The van der Waals surface area contributed by atoms with Gasteiger partial charge in [0.25, 0.3) is 0 Å². The van der Waals surface area contributed by atoms with Crippen LogP contribution < -0.4 is 5.73 Å². The molecule has 4 nitrogen and oxygen atoms in total. The van der Waals surface area contributed by atoms with E-state index in [4.69, 9.17) is 10.3 Å². The van der Waals surface area contributed by atoms with E-state index in [9.17, 15) is 13.2 Å². The largest absolute Gasteiger partial charge is 0.396 e. The van der Waals surface area contributed by atoms with Gasteiger partial charge in [0.2, 0.25) is 5.89 Å². The summed E-state index contributed by atoms with van der Waals surface area (Å²) in [5, 5.41) is 3.28. The molecule has 0 unspecified atom stereocenters. The van der Waals surface area contributed by atoms with E-state index in [2.05, 4.69) is 10.1 Å². The number of hydrogen-bond donors (Lipinski definition) is 1. The Morgan fingerprint density at radius 1 is 1.25 bits per heavy atom. The minimum absolute atomic E-state index is 0.0664. The van der Waals surface area contributed by atoms with Gasteiger partial charge in [0.15, 0.2) is 5.82 Å². The molecule has 0 atom stereocenters. The average molecular weight is 237 g/mol. The molecule has 0 aromatic carbocycles. The topological polar surface area (TPSA) is 64.9 Å². The highest BCUT2D eigenvalue weighted by atomic mass is 19.4. The smallest absolute Gasteiger partial charge is 0.337 e. The van der Waals surface area contributed by atoms with Gasteiger partial charge in [-0.1, -0.05) is 19.0 Å². The van der Waals surface area contributed by atoms with E-state index in [0.29, 0.717) is 12.8 Å². The Morgan fingerprint density at radius 3 is 2.25 bits per heavy atom. The SMILES string of the molecule is CCC(N)(CC)c1nc(CC(F)(F)F)no1. The van der Waals surface area contributed by atoms with Crippen LogP contribution in [-0.4, -0.2) is 16.3 Å². The van der Waals surface area contributed by atoms with Gasteiger partial charge in [0, 0.05) is 0 Å². The number of halogens is 3. The van der Waals surface area contributed by atoms with Crippen LogP contribution in [0.4, 0.5) is 13.2 Å². The van der Waals surface area contributed by atoms with Gasteiger partial charge in [-0.3, -0.25) is 0 Å². The summed E-state index contributed by atoms with van der Waals surface area (Å²) in [6.07, 6.45) is -4.48. The quantitative estimate of drug-likeness (QED) is 0.871. The third-order valence-electron chi connectivity index (χ3n) is 2.51. The number of alkyl halides is 3. The molecular weight excluding hydrogens is 223 g/mol. The molecule has 0 fully saturated rings. The Hall–Kier alpha value is -1.11. The van der Waals surface area contributed by atoms with E-state index < -0.39 is 18.1 Å². The molecule has 0 aliphatic rings. The summed E-state index contributed by atoms with van der Waals surface area (Å²) in [7, 11) is 0. The van der Waals surface area contributed by atoms with Crippen LogP contribution in [0.5, 0.6) is 0 Å². The summed E-state index contributed by atoms with van der Waals surface area (Å²) in [4.78, 5) is 3.69. The summed E-state index contributed by atoms with van der Waals surface area (Å²) in [5.41, 5.74) is 5.08. The van der Waals surface area contributed by atoms with Crippen LogP contribution in [0.3, 0.4) is 0 Å². The van der Waals surface area contributed by atoms with E-state index in [-0.39, 0.29) is 11.7 Å². The molecule has 16 heavy (non-hydrogen) atoms. The van der Waals surface area contributed by atoms with Gasteiger partial charge in [-0.25, -0.2) is 0 Å². The van der Waals surface area contributed by atoms with Crippen molar-refractivity contribution < 1.29 is 17.7 Å². The van der Waals surface area contributed by atoms with Crippen molar-refractivity contribution >= 4 is 0 Å². The number of nitrogens with zero attached hydrogens (tertiary/aromatic N) is 2. The van der Waals surface area contributed by atoms with Crippen molar-refractivity contribution in [2.45, 2.75) is 44.8 Å². The molecule has 0 aliphatic heterocycles. The summed E-state index contributed by atoms with van der Waals surface area (Å²) >= 11 is 0. The fourth-order valence-electron chi connectivity index (χ4n) is 1.26. The highest BCUT2D eigenvalue weighted by Crippen LogP contribution is 2.25. The molecule has 1 aromatic rings. The highest BCUT2D eigenvalue weighted by molar-refractivity contribution is 5.01. The molecule has 1 heterocycles. The number of nitrogens with two attached hydrogens (primary N) is 1. The van der Waals surface area contributed by atoms with E-state index >= 15 is 0 Å². The third-order valence-corrected chi connectivity index (χ3v) is 2.51. The normalized spacial score (nSPS) is 13.1. The lowest BCUT2D eigenvalue weighted by Gasteiger charge is -2.20. The van der Waals surface area contributed by atoms with Crippen molar-refractivity contribution in [1.29, 1.82) is 0 Å². The molecule has 2 N–H and O–H groups in total.